The monoisotopic (exact) mass is 249 g/mol. The number of aromatic nitrogens is 2. The van der Waals surface area contributed by atoms with Gasteiger partial charge in [0.05, 0.1) is 17.4 Å². The predicted molar refractivity (Wildman–Crippen MR) is 64.7 cm³/mol. The van der Waals surface area contributed by atoms with Gasteiger partial charge in [-0.25, -0.2) is 8.78 Å². The molecule has 3 rings (SSSR count). The van der Waals surface area contributed by atoms with Crippen LogP contribution in [0.1, 0.15) is 12.8 Å². The van der Waals surface area contributed by atoms with Gasteiger partial charge in [0, 0.05) is 18.3 Å². The number of benzene rings is 1. The number of rotatable bonds is 3. The smallest absolute Gasteiger partial charge is 0.156 e. The summed E-state index contributed by atoms with van der Waals surface area (Å²) in [6.45, 7) is 0.811. The minimum absolute atomic E-state index is 0.0543. The Hall–Kier alpha value is -1.91. The van der Waals surface area contributed by atoms with Gasteiger partial charge in [-0.1, -0.05) is 0 Å². The van der Waals surface area contributed by atoms with Gasteiger partial charge in [-0.3, -0.25) is 4.68 Å². The van der Waals surface area contributed by atoms with Crippen molar-refractivity contribution < 1.29 is 8.78 Å². The number of halogens is 2. The Morgan fingerprint density at radius 3 is 2.83 bits per heavy atom. The highest BCUT2D eigenvalue weighted by Gasteiger charge is 2.22. The first-order valence-corrected chi connectivity index (χ1v) is 5.91. The van der Waals surface area contributed by atoms with E-state index >= 15 is 0 Å². The van der Waals surface area contributed by atoms with Gasteiger partial charge in [-0.2, -0.15) is 5.10 Å². The van der Waals surface area contributed by atoms with E-state index in [9.17, 15) is 8.78 Å². The lowest BCUT2D eigenvalue weighted by Gasteiger charge is -2.04. The minimum Gasteiger partial charge on any atom is -0.396 e. The number of anilines is 1. The van der Waals surface area contributed by atoms with Crippen LogP contribution in [0, 0.1) is 17.6 Å². The Kier molecular flexibility index (Phi) is 2.54. The molecule has 1 saturated carbocycles. The zero-order valence-electron chi connectivity index (χ0n) is 9.74. The largest absolute Gasteiger partial charge is 0.396 e. The van der Waals surface area contributed by atoms with E-state index in [4.69, 9.17) is 5.73 Å². The molecular weight excluding hydrogens is 236 g/mol. The standard InChI is InChI=1S/C13H13F2N3/c14-10-3-4-11(16)13(15)12(10)9-5-17-18(7-9)6-8-1-2-8/h3-5,7-8H,1-2,6,16H2. The molecule has 1 aromatic carbocycles. The molecule has 3 nitrogen and oxygen atoms in total. The van der Waals surface area contributed by atoms with Crippen LogP contribution in [0.2, 0.25) is 0 Å². The maximum Gasteiger partial charge on any atom is 0.156 e. The number of hydrogen-bond acceptors (Lipinski definition) is 2. The first-order valence-electron chi connectivity index (χ1n) is 5.91. The van der Waals surface area contributed by atoms with Crippen LogP contribution in [-0.2, 0) is 6.54 Å². The third kappa shape index (κ3) is 1.96. The molecule has 0 unspecified atom stereocenters. The van der Waals surface area contributed by atoms with Crippen molar-refractivity contribution in [1.82, 2.24) is 9.78 Å². The van der Waals surface area contributed by atoms with Crippen LogP contribution >= 0.6 is 0 Å². The second-order valence-electron chi connectivity index (χ2n) is 4.72. The van der Waals surface area contributed by atoms with Gasteiger partial charge in [-0.15, -0.1) is 0 Å². The van der Waals surface area contributed by atoms with Crippen molar-refractivity contribution in [3.8, 4) is 11.1 Å². The molecule has 2 N–H and O–H groups in total. The van der Waals surface area contributed by atoms with E-state index in [1.807, 2.05) is 0 Å². The van der Waals surface area contributed by atoms with E-state index in [1.165, 1.54) is 31.2 Å². The molecule has 2 aromatic rings. The molecule has 0 aliphatic heterocycles. The highest BCUT2D eigenvalue weighted by Crippen LogP contribution is 2.32. The third-order valence-corrected chi connectivity index (χ3v) is 3.19. The van der Waals surface area contributed by atoms with E-state index in [0.717, 1.165) is 6.54 Å². The van der Waals surface area contributed by atoms with Crippen molar-refractivity contribution >= 4 is 5.69 Å². The fourth-order valence-corrected chi connectivity index (χ4v) is 1.99. The Balaban J connectivity index is 1.98. The van der Waals surface area contributed by atoms with Crippen LogP contribution in [0.25, 0.3) is 11.1 Å². The highest BCUT2D eigenvalue weighted by molar-refractivity contribution is 5.68. The average Bonchev–Trinajstić information content (AvgIpc) is 3.03. The molecule has 1 aliphatic carbocycles. The lowest BCUT2D eigenvalue weighted by molar-refractivity contribution is 0.563. The van der Waals surface area contributed by atoms with Gasteiger partial charge >= 0.3 is 0 Å². The van der Waals surface area contributed by atoms with E-state index in [0.29, 0.717) is 11.5 Å². The van der Waals surface area contributed by atoms with E-state index in [1.54, 1.807) is 10.9 Å². The molecular formula is C13H13F2N3. The normalized spacial score (nSPS) is 15.0. The van der Waals surface area contributed by atoms with Crippen molar-refractivity contribution in [2.45, 2.75) is 19.4 Å². The lowest BCUT2D eigenvalue weighted by Crippen LogP contribution is -1.99. The van der Waals surface area contributed by atoms with Crippen LogP contribution in [0.5, 0.6) is 0 Å². The van der Waals surface area contributed by atoms with E-state index < -0.39 is 11.6 Å². The SMILES string of the molecule is Nc1ccc(F)c(-c2cnn(CC3CC3)c2)c1F. The summed E-state index contributed by atoms with van der Waals surface area (Å²) in [4.78, 5) is 0. The zero-order valence-corrected chi connectivity index (χ0v) is 9.74. The number of nitrogens with zero attached hydrogens (tertiary/aromatic N) is 2. The van der Waals surface area contributed by atoms with Crippen molar-refractivity contribution in [1.29, 1.82) is 0 Å². The third-order valence-electron chi connectivity index (χ3n) is 3.19. The summed E-state index contributed by atoms with van der Waals surface area (Å²) in [5.41, 5.74) is 5.73. The molecule has 0 spiro atoms. The first-order chi connectivity index (χ1) is 8.65. The molecule has 5 heteroatoms. The first kappa shape index (κ1) is 11.2. The summed E-state index contributed by atoms with van der Waals surface area (Å²) in [7, 11) is 0. The molecule has 1 aliphatic rings. The van der Waals surface area contributed by atoms with Crippen LogP contribution < -0.4 is 5.73 Å². The van der Waals surface area contributed by atoms with Crippen LogP contribution in [-0.4, -0.2) is 9.78 Å². The summed E-state index contributed by atoms with van der Waals surface area (Å²) in [6, 6.07) is 2.40. The van der Waals surface area contributed by atoms with Crippen molar-refractivity contribution in [3.63, 3.8) is 0 Å². The quantitative estimate of drug-likeness (QED) is 0.850. The van der Waals surface area contributed by atoms with Crippen molar-refractivity contribution in [2.24, 2.45) is 5.92 Å². The average molecular weight is 249 g/mol. The maximum atomic E-state index is 13.8. The van der Waals surface area contributed by atoms with Gasteiger partial charge in [0.1, 0.15) is 5.82 Å². The summed E-state index contributed by atoms with van der Waals surface area (Å²) < 4.78 is 29.2. The van der Waals surface area contributed by atoms with Crippen molar-refractivity contribution in [2.75, 3.05) is 5.73 Å². The summed E-state index contributed by atoms with van der Waals surface area (Å²) in [6.07, 6.45) is 5.55. The van der Waals surface area contributed by atoms with Crippen LogP contribution in [0.4, 0.5) is 14.5 Å². The Bertz CT molecular complexity index is 588. The van der Waals surface area contributed by atoms with E-state index in [2.05, 4.69) is 5.10 Å². The molecule has 0 atom stereocenters. The molecule has 0 saturated heterocycles. The number of nitrogen functional groups attached to an aromatic ring is 1. The summed E-state index contributed by atoms with van der Waals surface area (Å²) in [5, 5.41) is 4.13. The van der Waals surface area contributed by atoms with Gasteiger partial charge in [-0.05, 0) is 30.9 Å². The van der Waals surface area contributed by atoms with Crippen LogP contribution in [0.3, 0.4) is 0 Å². The topological polar surface area (TPSA) is 43.8 Å². The number of hydrogen-bond donors (Lipinski definition) is 1. The summed E-state index contributed by atoms with van der Waals surface area (Å²) in [5.74, 6) is -0.679. The highest BCUT2D eigenvalue weighted by atomic mass is 19.1. The van der Waals surface area contributed by atoms with Gasteiger partial charge in [0.2, 0.25) is 0 Å². The fourth-order valence-electron chi connectivity index (χ4n) is 1.99. The molecule has 1 heterocycles. The second kappa shape index (κ2) is 4.08. The number of nitrogens with two attached hydrogens (primary N) is 1. The van der Waals surface area contributed by atoms with Gasteiger partial charge in [0.25, 0.3) is 0 Å². The Morgan fingerprint density at radius 2 is 2.11 bits per heavy atom. The summed E-state index contributed by atoms with van der Waals surface area (Å²) >= 11 is 0. The molecule has 1 aromatic heterocycles. The minimum atomic E-state index is -0.721. The van der Waals surface area contributed by atoms with Crippen molar-refractivity contribution in [3.05, 3.63) is 36.2 Å². The van der Waals surface area contributed by atoms with E-state index in [-0.39, 0.29) is 11.3 Å². The Morgan fingerprint density at radius 1 is 1.33 bits per heavy atom. The molecule has 1 fully saturated rings. The molecule has 18 heavy (non-hydrogen) atoms. The Labute approximate surface area is 103 Å². The van der Waals surface area contributed by atoms with Gasteiger partial charge < -0.3 is 5.73 Å². The van der Waals surface area contributed by atoms with Gasteiger partial charge in [0.15, 0.2) is 5.82 Å². The maximum absolute atomic E-state index is 13.8. The molecule has 0 bridgehead atoms. The molecule has 94 valence electrons. The zero-order chi connectivity index (χ0) is 12.7. The lowest BCUT2D eigenvalue weighted by atomic mass is 10.1. The predicted octanol–water partition coefficient (Wildman–Crippen LogP) is 2.82. The second-order valence-corrected chi connectivity index (χ2v) is 4.72. The molecule has 0 radical (unpaired) electrons. The van der Waals surface area contributed by atoms with Crippen LogP contribution in [0.15, 0.2) is 24.5 Å². The fraction of sp³-hybridized carbons (Fsp3) is 0.308. The molecule has 0 amide bonds.